The molecule has 0 unspecified atom stereocenters. The van der Waals surface area contributed by atoms with Gasteiger partial charge in [0.2, 0.25) is 5.82 Å². The number of oxazole rings is 1. The number of rotatable bonds is 7. The van der Waals surface area contributed by atoms with Gasteiger partial charge in [-0.25, -0.2) is 9.18 Å². The second-order valence-corrected chi connectivity index (χ2v) is 7.83. The second kappa shape index (κ2) is 9.41. The van der Waals surface area contributed by atoms with Crippen molar-refractivity contribution in [3.63, 3.8) is 0 Å². The van der Waals surface area contributed by atoms with Gasteiger partial charge in [-0.05, 0) is 39.7 Å². The van der Waals surface area contributed by atoms with Crippen LogP contribution in [0.4, 0.5) is 10.4 Å². The predicted molar refractivity (Wildman–Crippen MR) is 110 cm³/mol. The van der Waals surface area contributed by atoms with Crippen LogP contribution >= 0.6 is 15.9 Å². The first-order valence-corrected chi connectivity index (χ1v) is 10.6. The van der Waals surface area contributed by atoms with Crippen LogP contribution < -0.4 is 14.5 Å². The monoisotopic (exact) mass is 494 g/mol. The number of tetrazole rings is 1. The molecule has 0 saturated carbocycles. The van der Waals surface area contributed by atoms with Gasteiger partial charge in [0.15, 0.2) is 5.69 Å². The number of nitrogens with zero attached hydrogens (tertiary/aromatic N) is 6. The molecule has 3 heterocycles. The molecule has 4 rings (SSSR count). The molecule has 2 aromatic heterocycles. The number of halogens is 2. The van der Waals surface area contributed by atoms with Gasteiger partial charge in [-0.15, -0.1) is 5.10 Å². The summed E-state index contributed by atoms with van der Waals surface area (Å²) in [7, 11) is 0. The molecule has 0 amide bonds. The van der Waals surface area contributed by atoms with Gasteiger partial charge < -0.3 is 18.9 Å². The van der Waals surface area contributed by atoms with Crippen molar-refractivity contribution < 1.29 is 23.2 Å². The van der Waals surface area contributed by atoms with Crippen LogP contribution in [0.15, 0.2) is 33.4 Å². The standard InChI is InChI=1S/C19H20BrFN6O4/c1-2-3-17(28)31-27-24-18(23-25-27)15-11-29-19(22-15)26-8-6-13(7-9-26)30-16-10-12(21)4-5-14(16)20/h4-5,10-11,13H,2-3,6-9H2,1H3. The third kappa shape index (κ3) is 5.19. The normalized spacial score (nSPS) is 14.6. The van der Waals surface area contributed by atoms with Crippen molar-refractivity contribution in [2.24, 2.45) is 0 Å². The van der Waals surface area contributed by atoms with Gasteiger partial charge in [0.25, 0.3) is 6.01 Å². The number of ether oxygens (including phenoxy) is 1. The molecule has 1 fully saturated rings. The summed E-state index contributed by atoms with van der Waals surface area (Å²) in [5.74, 6) is -0.101. The molecule has 0 aliphatic carbocycles. The van der Waals surface area contributed by atoms with Crippen molar-refractivity contribution in [1.82, 2.24) is 25.4 Å². The van der Waals surface area contributed by atoms with E-state index in [1.54, 1.807) is 6.07 Å². The molecule has 0 bridgehead atoms. The van der Waals surface area contributed by atoms with Crippen LogP contribution in [-0.4, -0.2) is 50.5 Å². The van der Waals surface area contributed by atoms with Gasteiger partial charge >= 0.3 is 5.97 Å². The number of piperidine rings is 1. The smallest absolute Gasteiger partial charge is 0.336 e. The maximum absolute atomic E-state index is 13.5. The first kappa shape index (κ1) is 21.2. The molecule has 1 aromatic carbocycles. The van der Waals surface area contributed by atoms with E-state index in [1.807, 2.05) is 11.8 Å². The Morgan fingerprint density at radius 3 is 2.94 bits per heavy atom. The Morgan fingerprint density at radius 1 is 1.35 bits per heavy atom. The quantitative estimate of drug-likeness (QED) is 0.457. The van der Waals surface area contributed by atoms with Crippen molar-refractivity contribution in [3.8, 4) is 17.3 Å². The lowest BCUT2D eigenvalue weighted by atomic mass is 10.1. The van der Waals surface area contributed by atoms with Crippen LogP contribution in [0.2, 0.25) is 0 Å². The van der Waals surface area contributed by atoms with E-state index < -0.39 is 5.97 Å². The average Bonchev–Trinajstić information content (AvgIpc) is 3.41. The largest absolute Gasteiger partial charge is 0.489 e. The highest BCUT2D eigenvalue weighted by atomic mass is 79.9. The zero-order chi connectivity index (χ0) is 21.8. The van der Waals surface area contributed by atoms with Crippen molar-refractivity contribution in [2.75, 3.05) is 18.0 Å². The van der Waals surface area contributed by atoms with E-state index in [1.165, 1.54) is 18.4 Å². The highest BCUT2D eigenvalue weighted by Gasteiger charge is 2.25. The Bertz CT molecular complexity index is 1050. The molecular weight excluding hydrogens is 475 g/mol. The summed E-state index contributed by atoms with van der Waals surface area (Å²) in [5, 5.41) is 11.5. The lowest BCUT2D eigenvalue weighted by molar-refractivity contribution is -0.148. The number of benzene rings is 1. The Morgan fingerprint density at radius 2 is 2.16 bits per heavy atom. The summed E-state index contributed by atoms with van der Waals surface area (Å²) in [6.45, 7) is 3.19. The summed E-state index contributed by atoms with van der Waals surface area (Å²) in [6.07, 6.45) is 3.76. The van der Waals surface area contributed by atoms with Crippen molar-refractivity contribution in [3.05, 3.63) is 34.8 Å². The van der Waals surface area contributed by atoms with Crippen molar-refractivity contribution in [2.45, 2.75) is 38.7 Å². The topological polar surface area (TPSA) is 108 Å². The zero-order valence-electron chi connectivity index (χ0n) is 16.7. The van der Waals surface area contributed by atoms with Crippen LogP contribution in [0, 0.1) is 5.82 Å². The highest BCUT2D eigenvalue weighted by Crippen LogP contribution is 2.29. The third-order valence-electron chi connectivity index (χ3n) is 4.65. The molecule has 1 aliphatic rings. The molecule has 12 heteroatoms. The van der Waals surface area contributed by atoms with Crippen LogP contribution in [0.1, 0.15) is 32.6 Å². The maximum atomic E-state index is 13.5. The molecule has 3 aromatic rings. The molecule has 164 valence electrons. The SMILES string of the molecule is CCCC(=O)On1nnc(-c2coc(N3CCC(Oc4cc(F)ccc4Br)CC3)n2)n1. The van der Waals surface area contributed by atoms with E-state index in [0.717, 1.165) is 22.3 Å². The van der Waals surface area contributed by atoms with Crippen LogP contribution in [0.5, 0.6) is 5.75 Å². The highest BCUT2D eigenvalue weighted by molar-refractivity contribution is 9.10. The maximum Gasteiger partial charge on any atom is 0.336 e. The van der Waals surface area contributed by atoms with Gasteiger partial charge in [0, 0.05) is 43.4 Å². The fourth-order valence-corrected chi connectivity index (χ4v) is 3.45. The Hall–Kier alpha value is -3.02. The van der Waals surface area contributed by atoms with E-state index >= 15 is 0 Å². The van der Waals surface area contributed by atoms with Crippen LogP contribution in [-0.2, 0) is 4.79 Å². The minimum Gasteiger partial charge on any atom is -0.489 e. The molecular formula is C19H20BrFN6O4. The lowest BCUT2D eigenvalue weighted by Gasteiger charge is -2.31. The lowest BCUT2D eigenvalue weighted by Crippen LogP contribution is -2.38. The molecule has 0 N–H and O–H groups in total. The van der Waals surface area contributed by atoms with Gasteiger partial charge in [-0.2, -0.15) is 4.98 Å². The molecule has 0 radical (unpaired) electrons. The van der Waals surface area contributed by atoms with E-state index in [-0.39, 0.29) is 24.2 Å². The van der Waals surface area contributed by atoms with Gasteiger partial charge in [0.05, 0.1) is 4.47 Å². The summed E-state index contributed by atoms with van der Waals surface area (Å²) >= 11 is 3.38. The summed E-state index contributed by atoms with van der Waals surface area (Å²) in [5.41, 5.74) is 0.384. The number of hydrogen-bond acceptors (Lipinski definition) is 9. The average molecular weight is 495 g/mol. The minimum absolute atomic E-state index is 0.0387. The van der Waals surface area contributed by atoms with Gasteiger partial charge in [-0.1, -0.05) is 12.0 Å². The number of aromatic nitrogens is 5. The Kier molecular flexibility index (Phi) is 6.44. The number of anilines is 1. The summed E-state index contributed by atoms with van der Waals surface area (Å²) < 4.78 is 25.7. The van der Waals surface area contributed by atoms with E-state index in [9.17, 15) is 9.18 Å². The second-order valence-electron chi connectivity index (χ2n) is 6.97. The van der Waals surface area contributed by atoms with Crippen molar-refractivity contribution in [1.29, 1.82) is 0 Å². The van der Waals surface area contributed by atoms with Crippen LogP contribution in [0.25, 0.3) is 11.5 Å². The molecule has 10 nitrogen and oxygen atoms in total. The predicted octanol–water partition coefficient (Wildman–Crippen LogP) is 3.03. The molecule has 0 atom stereocenters. The van der Waals surface area contributed by atoms with Crippen LogP contribution in [0.3, 0.4) is 0 Å². The Labute approximate surface area is 185 Å². The van der Waals surface area contributed by atoms with Gasteiger partial charge in [-0.3, -0.25) is 0 Å². The van der Waals surface area contributed by atoms with Gasteiger partial charge in [0.1, 0.15) is 23.9 Å². The minimum atomic E-state index is -0.442. The van der Waals surface area contributed by atoms with Crippen molar-refractivity contribution >= 4 is 27.9 Å². The molecule has 1 aliphatic heterocycles. The Balaban J connectivity index is 1.34. The third-order valence-corrected chi connectivity index (χ3v) is 5.31. The van der Waals surface area contributed by atoms with E-state index in [0.29, 0.717) is 37.0 Å². The molecule has 0 spiro atoms. The first-order valence-electron chi connectivity index (χ1n) is 9.85. The molecule has 1 saturated heterocycles. The van der Waals surface area contributed by atoms with E-state index in [2.05, 4.69) is 36.3 Å². The summed E-state index contributed by atoms with van der Waals surface area (Å²) in [6, 6.07) is 4.81. The first-order chi connectivity index (χ1) is 15.0. The van der Waals surface area contributed by atoms with E-state index in [4.69, 9.17) is 14.0 Å². The zero-order valence-corrected chi connectivity index (χ0v) is 18.3. The number of carbonyl (C=O) groups is 1. The number of hydrogen-bond donors (Lipinski definition) is 0. The fourth-order valence-electron chi connectivity index (χ4n) is 3.11. The fraction of sp³-hybridized carbons (Fsp3) is 0.421. The molecule has 31 heavy (non-hydrogen) atoms. The number of carbonyl (C=O) groups excluding carboxylic acids is 1. The summed E-state index contributed by atoms with van der Waals surface area (Å²) in [4.78, 5) is 23.6.